The Balaban J connectivity index is 2.45. The van der Waals surface area contributed by atoms with Gasteiger partial charge in [0.15, 0.2) is 0 Å². The van der Waals surface area contributed by atoms with Crippen LogP contribution in [-0.4, -0.2) is 60.1 Å². The lowest BCUT2D eigenvalue weighted by Crippen LogP contribution is -2.47. The average Bonchev–Trinajstić information content (AvgIpc) is 2.21. The second kappa shape index (κ2) is 6.08. The second-order valence-corrected chi connectivity index (χ2v) is 4.31. The summed E-state index contributed by atoms with van der Waals surface area (Å²) in [4.78, 5) is 15.2. The summed E-state index contributed by atoms with van der Waals surface area (Å²) in [6.07, 6.45) is 3.58. The van der Waals surface area contributed by atoms with Crippen LogP contribution in [-0.2, 0) is 4.79 Å². The molecule has 0 aromatic carbocycles. The van der Waals surface area contributed by atoms with Gasteiger partial charge in [-0.2, -0.15) is 0 Å². The number of hydrogen-bond donors (Lipinski definition) is 1. The SMILES string of the molecule is CC(=O)N(C)C[C@@H]1CCCCN1CCO. The highest BCUT2D eigenvalue weighted by molar-refractivity contribution is 5.72. The Morgan fingerprint density at radius 3 is 2.87 bits per heavy atom. The lowest BCUT2D eigenvalue weighted by Gasteiger charge is -2.37. The summed E-state index contributed by atoms with van der Waals surface area (Å²) in [5.41, 5.74) is 0. The van der Waals surface area contributed by atoms with Crippen molar-refractivity contribution < 1.29 is 9.90 Å². The van der Waals surface area contributed by atoms with Gasteiger partial charge in [-0.25, -0.2) is 0 Å². The van der Waals surface area contributed by atoms with Crippen LogP contribution in [0.1, 0.15) is 26.2 Å². The van der Waals surface area contributed by atoms with E-state index in [0.29, 0.717) is 6.04 Å². The molecule has 0 saturated carbocycles. The summed E-state index contributed by atoms with van der Waals surface area (Å²) < 4.78 is 0. The number of β-amino-alcohol motifs (C(OH)–C–C–N with tert-alkyl or cyclic N) is 1. The fourth-order valence-electron chi connectivity index (χ4n) is 2.13. The van der Waals surface area contributed by atoms with Crippen molar-refractivity contribution in [3.05, 3.63) is 0 Å². The zero-order valence-electron chi connectivity index (χ0n) is 9.78. The number of amides is 1. The molecule has 0 aliphatic carbocycles. The molecule has 4 nitrogen and oxygen atoms in total. The molecule has 1 rings (SSSR count). The lowest BCUT2D eigenvalue weighted by atomic mass is 10.0. The molecule has 0 unspecified atom stereocenters. The highest BCUT2D eigenvalue weighted by atomic mass is 16.3. The van der Waals surface area contributed by atoms with Crippen LogP contribution >= 0.6 is 0 Å². The molecule has 0 spiro atoms. The summed E-state index contributed by atoms with van der Waals surface area (Å²) in [5, 5.41) is 8.96. The molecule has 1 N–H and O–H groups in total. The molecule has 1 saturated heterocycles. The van der Waals surface area contributed by atoms with Crippen LogP contribution in [0.25, 0.3) is 0 Å². The highest BCUT2D eigenvalue weighted by Crippen LogP contribution is 2.17. The average molecular weight is 214 g/mol. The van der Waals surface area contributed by atoms with Crippen molar-refractivity contribution in [2.45, 2.75) is 32.2 Å². The number of rotatable bonds is 4. The summed E-state index contributed by atoms with van der Waals surface area (Å²) >= 11 is 0. The van der Waals surface area contributed by atoms with Crippen molar-refractivity contribution in [1.29, 1.82) is 0 Å². The van der Waals surface area contributed by atoms with Gasteiger partial charge in [0.25, 0.3) is 0 Å². The molecule has 0 bridgehead atoms. The first-order valence-electron chi connectivity index (χ1n) is 5.71. The number of likely N-dealkylation sites (N-methyl/N-ethyl adjacent to an activating group) is 1. The van der Waals surface area contributed by atoms with E-state index in [0.717, 1.165) is 26.1 Å². The molecule has 0 radical (unpaired) electrons. The predicted molar refractivity (Wildman–Crippen MR) is 59.6 cm³/mol. The van der Waals surface area contributed by atoms with E-state index in [2.05, 4.69) is 4.90 Å². The van der Waals surface area contributed by atoms with Crippen LogP contribution in [0.15, 0.2) is 0 Å². The summed E-state index contributed by atoms with van der Waals surface area (Å²) in [7, 11) is 1.84. The van der Waals surface area contributed by atoms with Crippen LogP contribution in [0.3, 0.4) is 0 Å². The lowest BCUT2D eigenvalue weighted by molar-refractivity contribution is -0.128. The van der Waals surface area contributed by atoms with Gasteiger partial charge in [0.05, 0.1) is 6.61 Å². The van der Waals surface area contributed by atoms with Gasteiger partial charge in [-0.15, -0.1) is 0 Å². The maximum atomic E-state index is 11.1. The van der Waals surface area contributed by atoms with E-state index in [1.54, 1.807) is 11.8 Å². The van der Waals surface area contributed by atoms with E-state index in [9.17, 15) is 4.79 Å². The molecular formula is C11H22N2O2. The normalized spacial score (nSPS) is 22.7. The highest BCUT2D eigenvalue weighted by Gasteiger charge is 2.23. The number of likely N-dealkylation sites (tertiary alicyclic amines) is 1. The molecule has 15 heavy (non-hydrogen) atoms. The Morgan fingerprint density at radius 2 is 2.27 bits per heavy atom. The minimum Gasteiger partial charge on any atom is -0.395 e. The summed E-state index contributed by atoms with van der Waals surface area (Å²) in [5.74, 6) is 0.115. The minimum atomic E-state index is 0.115. The van der Waals surface area contributed by atoms with Gasteiger partial charge < -0.3 is 10.0 Å². The van der Waals surface area contributed by atoms with Gasteiger partial charge in [-0.05, 0) is 19.4 Å². The Hall–Kier alpha value is -0.610. The first-order valence-corrected chi connectivity index (χ1v) is 5.71. The fourth-order valence-corrected chi connectivity index (χ4v) is 2.13. The number of carbonyl (C=O) groups is 1. The van der Waals surface area contributed by atoms with Crippen molar-refractivity contribution in [1.82, 2.24) is 9.80 Å². The van der Waals surface area contributed by atoms with Gasteiger partial charge >= 0.3 is 0 Å². The minimum absolute atomic E-state index is 0.115. The van der Waals surface area contributed by atoms with E-state index in [-0.39, 0.29) is 12.5 Å². The van der Waals surface area contributed by atoms with Crippen LogP contribution in [0.2, 0.25) is 0 Å². The monoisotopic (exact) mass is 214 g/mol. The van der Waals surface area contributed by atoms with Gasteiger partial charge in [0.2, 0.25) is 5.91 Å². The molecule has 4 heteroatoms. The largest absolute Gasteiger partial charge is 0.395 e. The molecule has 1 aliphatic heterocycles. The first kappa shape index (κ1) is 12.5. The molecule has 88 valence electrons. The smallest absolute Gasteiger partial charge is 0.219 e. The van der Waals surface area contributed by atoms with Gasteiger partial charge in [0, 0.05) is 33.1 Å². The maximum Gasteiger partial charge on any atom is 0.219 e. The third-order valence-electron chi connectivity index (χ3n) is 3.16. The third-order valence-corrected chi connectivity index (χ3v) is 3.16. The predicted octanol–water partition coefficient (Wildman–Crippen LogP) is 0.311. The second-order valence-electron chi connectivity index (χ2n) is 4.31. The van der Waals surface area contributed by atoms with Crippen molar-refractivity contribution in [2.75, 3.05) is 33.3 Å². The topological polar surface area (TPSA) is 43.8 Å². The van der Waals surface area contributed by atoms with Crippen LogP contribution < -0.4 is 0 Å². The Kier molecular flexibility index (Phi) is 5.05. The number of piperidine rings is 1. The van der Waals surface area contributed by atoms with Gasteiger partial charge in [-0.3, -0.25) is 9.69 Å². The van der Waals surface area contributed by atoms with E-state index in [1.165, 1.54) is 12.8 Å². The molecule has 0 aromatic heterocycles. The number of aliphatic hydroxyl groups excluding tert-OH is 1. The number of nitrogens with zero attached hydrogens (tertiary/aromatic N) is 2. The molecule has 1 aliphatic rings. The van der Waals surface area contributed by atoms with Gasteiger partial charge in [0.1, 0.15) is 0 Å². The molecular weight excluding hydrogens is 192 g/mol. The Morgan fingerprint density at radius 1 is 1.53 bits per heavy atom. The summed E-state index contributed by atoms with van der Waals surface area (Å²) in [6.45, 7) is 4.38. The summed E-state index contributed by atoms with van der Waals surface area (Å²) in [6, 6.07) is 0.430. The zero-order valence-corrected chi connectivity index (χ0v) is 9.78. The zero-order chi connectivity index (χ0) is 11.3. The van der Waals surface area contributed by atoms with Crippen molar-refractivity contribution >= 4 is 5.91 Å². The maximum absolute atomic E-state index is 11.1. The van der Waals surface area contributed by atoms with Crippen LogP contribution in [0, 0.1) is 0 Å². The molecule has 1 heterocycles. The van der Waals surface area contributed by atoms with Gasteiger partial charge in [-0.1, -0.05) is 6.42 Å². The standard InChI is InChI=1S/C11H22N2O2/c1-10(15)12(2)9-11-5-3-4-6-13(11)7-8-14/h11,14H,3-9H2,1-2H3/t11-/m0/s1. The van der Waals surface area contributed by atoms with Crippen molar-refractivity contribution in [3.63, 3.8) is 0 Å². The van der Waals surface area contributed by atoms with E-state index >= 15 is 0 Å². The number of hydrogen-bond acceptors (Lipinski definition) is 3. The first-order chi connectivity index (χ1) is 7.15. The Bertz CT molecular complexity index is 207. The van der Waals surface area contributed by atoms with E-state index < -0.39 is 0 Å². The quantitative estimate of drug-likeness (QED) is 0.732. The molecule has 1 amide bonds. The molecule has 1 fully saturated rings. The van der Waals surface area contributed by atoms with Crippen molar-refractivity contribution in [3.8, 4) is 0 Å². The van der Waals surface area contributed by atoms with Crippen LogP contribution in [0.4, 0.5) is 0 Å². The van der Waals surface area contributed by atoms with Crippen LogP contribution in [0.5, 0.6) is 0 Å². The number of carbonyl (C=O) groups excluding carboxylic acids is 1. The third kappa shape index (κ3) is 3.80. The molecule has 0 aromatic rings. The fraction of sp³-hybridized carbons (Fsp3) is 0.909. The van der Waals surface area contributed by atoms with E-state index in [4.69, 9.17) is 5.11 Å². The van der Waals surface area contributed by atoms with Crippen molar-refractivity contribution in [2.24, 2.45) is 0 Å². The molecule has 1 atom stereocenters. The Labute approximate surface area is 91.9 Å². The van der Waals surface area contributed by atoms with E-state index in [1.807, 2.05) is 7.05 Å². The number of aliphatic hydroxyl groups is 1.